The fourth-order valence-electron chi connectivity index (χ4n) is 3.41. The van der Waals surface area contributed by atoms with Crippen LogP contribution in [0.4, 0.5) is 0 Å². The van der Waals surface area contributed by atoms with E-state index < -0.39 is 9.84 Å². The quantitative estimate of drug-likeness (QED) is 0.932. The number of hydrogen-bond acceptors (Lipinski definition) is 3. The predicted molar refractivity (Wildman–Crippen MR) is 86.8 cm³/mol. The number of sulfone groups is 1. The van der Waals surface area contributed by atoms with Crippen molar-refractivity contribution in [2.45, 2.75) is 50.2 Å². The van der Waals surface area contributed by atoms with Gasteiger partial charge in [0, 0.05) is 0 Å². The highest BCUT2D eigenvalue weighted by molar-refractivity contribution is 7.92. The Morgan fingerprint density at radius 3 is 2.29 bits per heavy atom. The third-order valence-corrected chi connectivity index (χ3v) is 7.23. The molecule has 0 saturated heterocycles. The monoisotopic (exact) mass is 309 g/mol. The van der Waals surface area contributed by atoms with Crippen LogP contribution in [0.2, 0.25) is 0 Å². The van der Waals surface area contributed by atoms with Gasteiger partial charge in [0.1, 0.15) is 0 Å². The Morgan fingerprint density at radius 2 is 1.76 bits per heavy atom. The lowest BCUT2D eigenvalue weighted by Gasteiger charge is -2.41. The Kier molecular flexibility index (Phi) is 4.79. The highest BCUT2D eigenvalue weighted by Crippen LogP contribution is 2.43. The molecule has 21 heavy (non-hydrogen) atoms. The van der Waals surface area contributed by atoms with E-state index in [-0.39, 0.29) is 16.6 Å². The van der Waals surface area contributed by atoms with Crippen molar-refractivity contribution in [2.75, 3.05) is 6.54 Å². The Balaban J connectivity index is 2.33. The van der Waals surface area contributed by atoms with Crippen molar-refractivity contribution in [3.63, 3.8) is 0 Å². The average molecular weight is 309 g/mol. The molecule has 4 heteroatoms. The van der Waals surface area contributed by atoms with E-state index in [9.17, 15) is 8.42 Å². The van der Waals surface area contributed by atoms with E-state index in [0.29, 0.717) is 17.4 Å². The molecule has 0 bridgehead atoms. The molecule has 2 rings (SSSR count). The molecular weight excluding hydrogens is 282 g/mol. The van der Waals surface area contributed by atoms with Crippen molar-refractivity contribution in [2.24, 2.45) is 23.0 Å². The first-order valence-corrected chi connectivity index (χ1v) is 9.30. The predicted octanol–water partition coefficient (Wildman–Crippen LogP) is 3.25. The van der Waals surface area contributed by atoms with Crippen molar-refractivity contribution in [1.82, 2.24) is 0 Å². The van der Waals surface area contributed by atoms with Gasteiger partial charge in [0.15, 0.2) is 9.84 Å². The van der Waals surface area contributed by atoms with E-state index in [1.807, 2.05) is 6.07 Å². The van der Waals surface area contributed by atoms with E-state index >= 15 is 0 Å². The van der Waals surface area contributed by atoms with Gasteiger partial charge in [-0.3, -0.25) is 0 Å². The van der Waals surface area contributed by atoms with Crippen molar-refractivity contribution >= 4 is 9.84 Å². The highest BCUT2D eigenvalue weighted by Gasteiger charge is 2.42. The normalized spacial score (nSPS) is 27.5. The minimum absolute atomic E-state index is 0.0776. The summed E-state index contributed by atoms with van der Waals surface area (Å²) in [5, 5.41) is -0.345. The molecule has 1 aliphatic carbocycles. The minimum Gasteiger partial charge on any atom is -0.330 e. The lowest BCUT2D eigenvalue weighted by molar-refractivity contribution is 0.154. The van der Waals surface area contributed by atoms with Gasteiger partial charge in [0.05, 0.1) is 10.1 Å². The van der Waals surface area contributed by atoms with Crippen LogP contribution in [0.3, 0.4) is 0 Å². The van der Waals surface area contributed by atoms with Crippen LogP contribution >= 0.6 is 0 Å². The van der Waals surface area contributed by atoms with E-state index in [4.69, 9.17) is 5.73 Å². The molecule has 2 N–H and O–H groups in total. The van der Waals surface area contributed by atoms with Crippen LogP contribution in [0.5, 0.6) is 0 Å². The topological polar surface area (TPSA) is 60.2 Å². The summed E-state index contributed by atoms with van der Waals surface area (Å²) >= 11 is 0. The van der Waals surface area contributed by atoms with Crippen LogP contribution < -0.4 is 5.73 Å². The van der Waals surface area contributed by atoms with Crippen LogP contribution in [-0.2, 0) is 9.84 Å². The molecule has 0 spiro atoms. The second-order valence-electron chi connectivity index (χ2n) is 7.27. The zero-order valence-electron chi connectivity index (χ0n) is 13.2. The Bertz CT molecular complexity index is 560. The molecule has 1 fully saturated rings. The second kappa shape index (κ2) is 6.09. The lowest BCUT2D eigenvalue weighted by Crippen LogP contribution is -2.42. The fraction of sp³-hybridized carbons (Fsp3) is 0.647. The minimum atomic E-state index is -3.30. The van der Waals surface area contributed by atoms with Gasteiger partial charge in [-0.15, -0.1) is 0 Å². The van der Waals surface area contributed by atoms with Crippen LogP contribution in [0.15, 0.2) is 35.2 Å². The van der Waals surface area contributed by atoms with Crippen molar-refractivity contribution in [3.05, 3.63) is 30.3 Å². The zero-order valence-corrected chi connectivity index (χ0v) is 14.1. The number of benzene rings is 1. The maximum absolute atomic E-state index is 13.0. The molecule has 0 aliphatic heterocycles. The zero-order chi connectivity index (χ0) is 15.7. The molecule has 3 nitrogen and oxygen atoms in total. The summed E-state index contributed by atoms with van der Waals surface area (Å²) < 4.78 is 25.9. The maximum Gasteiger partial charge on any atom is 0.181 e. The van der Waals surface area contributed by atoms with Gasteiger partial charge in [0.25, 0.3) is 0 Å². The van der Waals surface area contributed by atoms with Gasteiger partial charge in [-0.05, 0) is 55.2 Å². The highest BCUT2D eigenvalue weighted by atomic mass is 32.2. The van der Waals surface area contributed by atoms with E-state index in [1.54, 1.807) is 24.3 Å². The van der Waals surface area contributed by atoms with Crippen LogP contribution in [-0.4, -0.2) is 20.2 Å². The summed E-state index contributed by atoms with van der Waals surface area (Å²) in [5.41, 5.74) is 6.00. The van der Waals surface area contributed by atoms with Gasteiger partial charge < -0.3 is 5.73 Å². The molecule has 118 valence electrons. The molecule has 0 aromatic heterocycles. The summed E-state index contributed by atoms with van der Waals surface area (Å²) in [6, 6.07) is 8.81. The van der Waals surface area contributed by atoms with Crippen LogP contribution in [0, 0.1) is 17.3 Å². The van der Waals surface area contributed by atoms with Gasteiger partial charge in [-0.2, -0.15) is 0 Å². The van der Waals surface area contributed by atoms with Gasteiger partial charge >= 0.3 is 0 Å². The smallest absolute Gasteiger partial charge is 0.181 e. The van der Waals surface area contributed by atoms with Crippen molar-refractivity contribution in [1.29, 1.82) is 0 Å². The first-order valence-electron chi connectivity index (χ1n) is 7.76. The summed E-state index contributed by atoms with van der Waals surface area (Å²) in [5.74, 6) is 0.512. The summed E-state index contributed by atoms with van der Waals surface area (Å²) in [6.45, 7) is 7.06. The molecule has 1 aliphatic rings. The SMILES string of the molecule is CC(C)(C)C1CCC(CN)C(S(=O)(=O)c2ccccc2)C1. The van der Waals surface area contributed by atoms with Crippen molar-refractivity contribution in [3.8, 4) is 0 Å². The fourth-order valence-corrected chi connectivity index (χ4v) is 5.54. The molecular formula is C17H27NO2S. The van der Waals surface area contributed by atoms with Gasteiger partial charge in [-0.1, -0.05) is 39.0 Å². The molecule has 0 amide bonds. The third-order valence-electron chi connectivity index (χ3n) is 4.93. The van der Waals surface area contributed by atoms with E-state index in [0.717, 1.165) is 19.3 Å². The molecule has 1 saturated carbocycles. The number of hydrogen-bond donors (Lipinski definition) is 1. The largest absolute Gasteiger partial charge is 0.330 e. The molecule has 1 aromatic carbocycles. The van der Waals surface area contributed by atoms with Crippen molar-refractivity contribution < 1.29 is 8.42 Å². The molecule has 3 unspecified atom stereocenters. The maximum atomic E-state index is 13.0. The molecule has 3 atom stereocenters. The summed E-state index contributed by atoms with van der Waals surface area (Å²) in [7, 11) is -3.30. The third kappa shape index (κ3) is 3.49. The summed E-state index contributed by atoms with van der Waals surface area (Å²) in [6.07, 6.45) is 2.71. The molecule has 1 aromatic rings. The van der Waals surface area contributed by atoms with E-state index in [1.165, 1.54) is 0 Å². The number of nitrogens with two attached hydrogens (primary N) is 1. The van der Waals surface area contributed by atoms with Gasteiger partial charge in [0.2, 0.25) is 0 Å². The van der Waals surface area contributed by atoms with Crippen LogP contribution in [0.25, 0.3) is 0 Å². The Morgan fingerprint density at radius 1 is 1.14 bits per heavy atom. The van der Waals surface area contributed by atoms with E-state index in [2.05, 4.69) is 20.8 Å². The lowest BCUT2D eigenvalue weighted by atomic mass is 9.69. The number of rotatable bonds is 3. The standard InChI is InChI=1S/C17H27NO2S/c1-17(2,3)14-10-9-13(12-18)16(11-14)21(19,20)15-7-5-4-6-8-15/h4-8,13-14,16H,9-12,18H2,1-3H3. The van der Waals surface area contributed by atoms with Gasteiger partial charge in [-0.25, -0.2) is 8.42 Å². The summed E-state index contributed by atoms with van der Waals surface area (Å²) in [4.78, 5) is 0.433. The first-order chi connectivity index (χ1) is 9.76. The molecule has 0 radical (unpaired) electrons. The first kappa shape index (κ1) is 16.5. The molecule has 0 heterocycles. The average Bonchev–Trinajstić information content (AvgIpc) is 2.46. The Labute approximate surface area is 128 Å². The van der Waals surface area contributed by atoms with Crippen LogP contribution in [0.1, 0.15) is 40.0 Å². The second-order valence-corrected chi connectivity index (χ2v) is 9.44. The Hall–Kier alpha value is -0.870.